The number of benzene rings is 1. The van der Waals surface area contributed by atoms with Gasteiger partial charge in [-0.2, -0.15) is 4.98 Å². The van der Waals surface area contributed by atoms with Gasteiger partial charge < -0.3 is 19.1 Å². The first kappa shape index (κ1) is 21.8. The minimum absolute atomic E-state index is 0.0392. The van der Waals surface area contributed by atoms with Crippen molar-refractivity contribution in [1.82, 2.24) is 9.97 Å². The lowest BCUT2D eigenvalue weighted by atomic mass is 9.98. The average molecular weight is 450 g/mol. The molecule has 0 spiro atoms. The van der Waals surface area contributed by atoms with E-state index in [1.165, 1.54) is 19.2 Å². The lowest BCUT2D eigenvalue weighted by Crippen LogP contribution is -2.36. The highest BCUT2D eigenvalue weighted by molar-refractivity contribution is 6.30. The molecule has 1 aromatic heterocycles. The third-order valence-electron chi connectivity index (χ3n) is 5.77. The lowest BCUT2D eigenvalue weighted by Gasteiger charge is -2.32. The molecule has 1 aromatic carbocycles. The summed E-state index contributed by atoms with van der Waals surface area (Å²) in [7, 11) is 3.05. The van der Waals surface area contributed by atoms with Gasteiger partial charge in [0.25, 0.3) is 0 Å². The van der Waals surface area contributed by atoms with Crippen molar-refractivity contribution in [2.75, 3.05) is 38.8 Å². The Balaban J connectivity index is 1.65. The molecule has 1 saturated heterocycles. The predicted octanol–water partition coefficient (Wildman–Crippen LogP) is 3.88. The molecule has 2 aromatic rings. The molecule has 31 heavy (non-hydrogen) atoms. The molecular formula is C22H25ClFN3O4. The van der Waals surface area contributed by atoms with Crippen molar-refractivity contribution < 1.29 is 23.4 Å². The van der Waals surface area contributed by atoms with Crippen LogP contribution in [0.15, 0.2) is 24.3 Å². The first-order valence-electron chi connectivity index (χ1n) is 10.3. The number of ether oxygens (including phenoxy) is 3. The van der Waals surface area contributed by atoms with Crippen LogP contribution in [-0.4, -0.2) is 55.5 Å². The van der Waals surface area contributed by atoms with Crippen LogP contribution in [0, 0.1) is 11.7 Å². The Morgan fingerprint density at radius 1 is 1.23 bits per heavy atom. The summed E-state index contributed by atoms with van der Waals surface area (Å²) in [6.07, 6.45) is 3.04. The van der Waals surface area contributed by atoms with Gasteiger partial charge in [0.15, 0.2) is 0 Å². The number of hydrogen-bond donors (Lipinski definition) is 0. The molecule has 4 rings (SSSR count). The van der Waals surface area contributed by atoms with E-state index < -0.39 is 17.4 Å². The minimum atomic E-state index is -1.01. The van der Waals surface area contributed by atoms with E-state index in [-0.39, 0.29) is 10.9 Å². The van der Waals surface area contributed by atoms with Gasteiger partial charge >= 0.3 is 5.97 Å². The summed E-state index contributed by atoms with van der Waals surface area (Å²) in [5, 5.41) is 0.0392. The molecule has 1 aliphatic carbocycles. The van der Waals surface area contributed by atoms with E-state index in [4.69, 9.17) is 25.8 Å². The van der Waals surface area contributed by atoms with Gasteiger partial charge in [-0.05, 0) is 30.9 Å². The fourth-order valence-electron chi connectivity index (χ4n) is 3.79. The lowest BCUT2D eigenvalue weighted by molar-refractivity contribution is -0.151. The number of halogens is 2. The number of rotatable bonds is 7. The van der Waals surface area contributed by atoms with Crippen molar-refractivity contribution in [1.29, 1.82) is 0 Å². The third-order valence-corrected chi connectivity index (χ3v) is 6.07. The van der Waals surface area contributed by atoms with E-state index in [9.17, 15) is 9.18 Å². The highest BCUT2D eigenvalue weighted by Gasteiger charge is 2.54. The maximum Gasteiger partial charge on any atom is 0.350 e. The molecule has 0 amide bonds. The van der Waals surface area contributed by atoms with Gasteiger partial charge in [-0.3, -0.25) is 0 Å². The van der Waals surface area contributed by atoms with Crippen molar-refractivity contribution in [3.05, 3.63) is 35.1 Å². The number of aromatic nitrogens is 2. The van der Waals surface area contributed by atoms with E-state index in [1.54, 1.807) is 19.2 Å². The number of nitrogens with zero attached hydrogens (tertiary/aromatic N) is 3. The van der Waals surface area contributed by atoms with Crippen LogP contribution in [0.1, 0.15) is 25.7 Å². The highest BCUT2D eigenvalue weighted by Crippen LogP contribution is 2.42. The summed E-state index contributed by atoms with van der Waals surface area (Å²) in [5.41, 5.74) is 0.0387. The maximum absolute atomic E-state index is 14.1. The Bertz CT molecular complexity index is 962. The number of carbonyl (C=O) groups is 1. The van der Waals surface area contributed by atoms with Crippen LogP contribution >= 0.6 is 11.6 Å². The van der Waals surface area contributed by atoms with Crippen molar-refractivity contribution in [2.45, 2.75) is 31.3 Å². The zero-order valence-corrected chi connectivity index (χ0v) is 18.3. The van der Waals surface area contributed by atoms with Crippen molar-refractivity contribution in [3.8, 4) is 17.1 Å². The first-order valence-corrected chi connectivity index (χ1v) is 10.7. The topological polar surface area (TPSA) is 73.8 Å². The van der Waals surface area contributed by atoms with E-state index in [2.05, 4.69) is 14.9 Å². The second-order valence-corrected chi connectivity index (χ2v) is 8.40. The molecular weight excluding hydrogens is 425 g/mol. The molecule has 0 atom stereocenters. The molecule has 2 fully saturated rings. The van der Waals surface area contributed by atoms with E-state index in [0.717, 1.165) is 32.5 Å². The highest BCUT2D eigenvalue weighted by atomic mass is 35.5. The number of carbonyl (C=O) groups excluding carboxylic acids is 1. The Kier molecular flexibility index (Phi) is 6.29. The fraction of sp³-hybridized carbons (Fsp3) is 0.500. The number of hydrogen-bond acceptors (Lipinski definition) is 7. The van der Waals surface area contributed by atoms with Crippen LogP contribution in [0.2, 0.25) is 5.02 Å². The fourth-order valence-corrected chi connectivity index (χ4v) is 3.91. The van der Waals surface area contributed by atoms with Crippen LogP contribution in [0.25, 0.3) is 11.3 Å². The Morgan fingerprint density at radius 3 is 2.58 bits per heavy atom. The number of methoxy groups -OCH3 is 2. The summed E-state index contributed by atoms with van der Waals surface area (Å²) < 4.78 is 30.2. The Labute approximate surface area is 185 Å². The second-order valence-electron chi connectivity index (χ2n) is 7.99. The molecule has 7 nitrogen and oxygen atoms in total. The van der Waals surface area contributed by atoms with E-state index in [1.807, 2.05) is 0 Å². The summed E-state index contributed by atoms with van der Waals surface area (Å²) in [6.45, 7) is 2.27. The maximum atomic E-state index is 14.1. The zero-order valence-electron chi connectivity index (χ0n) is 17.6. The number of esters is 1. The van der Waals surface area contributed by atoms with Gasteiger partial charge in [-0.15, -0.1) is 0 Å². The van der Waals surface area contributed by atoms with Gasteiger partial charge in [0.05, 0.1) is 17.8 Å². The summed E-state index contributed by atoms with van der Waals surface area (Å²) in [5.74, 6) is 0.291. The normalized spacial score (nSPS) is 18.0. The van der Waals surface area contributed by atoms with Crippen LogP contribution in [0.5, 0.6) is 5.88 Å². The summed E-state index contributed by atoms with van der Waals surface area (Å²) in [6, 6.07) is 6.13. The third kappa shape index (κ3) is 4.75. The van der Waals surface area contributed by atoms with Gasteiger partial charge in [0.1, 0.15) is 5.82 Å². The number of piperidine rings is 1. The summed E-state index contributed by atoms with van der Waals surface area (Å²) >= 11 is 5.84. The molecule has 166 valence electrons. The molecule has 9 heteroatoms. The van der Waals surface area contributed by atoms with Crippen molar-refractivity contribution >= 4 is 23.5 Å². The average Bonchev–Trinajstić information content (AvgIpc) is 3.56. The van der Waals surface area contributed by atoms with Crippen LogP contribution < -0.4 is 9.64 Å². The number of anilines is 1. The molecule has 1 aliphatic heterocycles. The second kappa shape index (κ2) is 8.96. The monoisotopic (exact) mass is 449 g/mol. The molecule has 1 saturated carbocycles. The minimum Gasteiger partial charge on any atom is -0.466 e. The van der Waals surface area contributed by atoms with Gasteiger partial charge in [0, 0.05) is 51.3 Å². The largest absolute Gasteiger partial charge is 0.466 e. The van der Waals surface area contributed by atoms with Crippen LogP contribution in [0.3, 0.4) is 0 Å². The molecule has 0 N–H and O–H groups in total. The summed E-state index contributed by atoms with van der Waals surface area (Å²) in [4.78, 5) is 23.5. The van der Waals surface area contributed by atoms with Gasteiger partial charge in [0.2, 0.25) is 17.4 Å². The molecule has 2 aliphatic rings. The van der Waals surface area contributed by atoms with Gasteiger partial charge in [-0.1, -0.05) is 17.7 Å². The predicted molar refractivity (Wildman–Crippen MR) is 114 cm³/mol. The standard InChI is InChI=1S/C22H25ClFN3O4/c1-29-13-14-5-9-27(10-6-14)21-25-18(15-3-4-16(23)17(24)11-15)12-19(26-21)31-22(7-8-22)20(28)30-2/h3-4,11-12,14H,5-10,13H2,1-2H3. The van der Waals surface area contributed by atoms with E-state index >= 15 is 0 Å². The molecule has 0 bridgehead atoms. The Morgan fingerprint density at radius 2 is 1.97 bits per heavy atom. The smallest absolute Gasteiger partial charge is 0.350 e. The van der Waals surface area contributed by atoms with E-state index in [0.29, 0.717) is 36.0 Å². The zero-order chi connectivity index (χ0) is 22.0. The first-order chi connectivity index (χ1) is 14.9. The van der Waals surface area contributed by atoms with Crippen LogP contribution in [0.4, 0.5) is 10.3 Å². The van der Waals surface area contributed by atoms with Crippen LogP contribution in [-0.2, 0) is 14.3 Å². The van der Waals surface area contributed by atoms with Gasteiger partial charge in [-0.25, -0.2) is 14.2 Å². The van der Waals surface area contributed by atoms with Crippen molar-refractivity contribution in [3.63, 3.8) is 0 Å². The SMILES string of the molecule is COCC1CCN(c2nc(OC3(C(=O)OC)CC3)cc(-c3ccc(Cl)c(F)c3)n2)CC1. The quantitative estimate of drug-likeness (QED) is 0.594. The molecule has 0 unspecified atom stereocenters. The Hall–Kier alpha value is -2.45. The van der Waals surface area contributed by atoms with Crippen molar-refractivity contribution in [2.24, 2.45) is 5.92 Å². The molecule has 2 heterocycles. The molecule has 0 radical (unpaired) electrons.